The summed E-state index contributed by atoms with van der Waals surface area (Å²) in [6.07, 6.45) is 6.82. The fourth-order valence-corrected chi connectivity index (χ4v) is 3.96. The summed E-state index contributed by atoms with van der Waals surface area (Å²) >= 11 is 0. The third-order valence-electron chi connectivity index (χ3n) is 5.20. The number of nitrogens with zero attached hydrogens (tertiary/aromatic N) is 1. The van der Waals surface area contributed by atoms with E-state index in [1.165, 1.54) is 51.7 Å². The Labute approximate surface area is 133 Å². The minimum absolute atomic E-state index is 0.373. The van der Waals surface area contributed by atoms with Crippen molar-refractivity contribution in [2.75, 3.05) is 31.5 Å². The second kappa shape index (κ2) is 7.14. The average molecular weight is 301 g/mol. The lowest BCUT2D eigenvalue weighted by atomic mass is 10.0. The molecule has 22 heavy (non-hydrogen) atoms. The Balaban J connectivity index is 1.30. The molecule has 1 aromatic rings. The van der Waals surface area contributed by atoms with Gasteiger partial charge in [-0.05, 0) is 68.3 Å². The van der Waals surface area contributed by atoms with Gasteiger partial charge in [0, 0.05) is 30.9 Å². The second-order valence-electron chi connectivity index (χ2n) is 6.79. The van der Waals surface area contributed by atoms with E-state index in [9.17, 15) is 4.79 Å². The highest BCUT2D eigenvalue weighted by molar-refractivity contribution is 5.93. The summed E-state index contributed by atoms with van der Waals surface area (Å²) in [5.41, 5.74) is 6.85. The minimum Gasteiger partial charge on any atom is -0.385 e. The minimum atomic E-state index is -0.373. The van der Waals surface area contributed by atoms with Gasteiger partial charge in [0.1, 0.15) is 0 Å². The zero-order valence-corrected chi connectivity index (χ0v) is 13.3. The summed E-state index contributed by atoms with van der Waals surface area (Å²) in [6.45, 7) is 4.91. The molecule has 1 saturated heterocycles. The maximum absolute atomic E-state index is 11.0. The van der Waals surface area contributed by atoms with Crippen LogP contribution >= 0.6 is 0 Å². The van der Waals surface area contributed by atoms with Crippen LogP contribution in [0.1, 0.15) is 42.5 Å². The fourth-order valence-electron chi connectivity index (χ4n) is 3.96. The fraction of sp³-hybridized carbons (Fsp3) is 0.611. The van der Waals surface area contributed by atoms with Gasteiger partial charge in [0.15, 0.2) is 0 Å². The van der Waals surface area contributed by atoms with Crippen LogP contribution in [0.15, 0.2) is 24.3 Å². The molecule has 1 aliphatic heterocycles. The molecule has 2 atom stereocenters. The number of amides is 1. The third kappa shape index (κ3) is 3.80. The number of anilines is 1. The number of hydrogen-bond acceptors (Lipinski definition) is 3. The third-order valence-corrected chi connectivity index (χ3v) is 5.20. The molecule has 0 aromatic heterocycles. The zero-order valence-electron chi connectivity index (χ0n) is 13.3. The van der Waals surface area contributed by atoms with Gasteiger partial charge in [0.2, 0.25) is 5.91 Å². The Morgan fingerprint density at radius 1 is 1.14 bits per heavy atom. The first-order valence-corrected chi connectivity index (χ1v) is 8.58. The van der Waals surface area contributed by atoms with Crippen molar-refractivity contribution in [1.82, 2.24) is 4.90 Å². The quantitative estimate of drug-likeness (QED) is 0.761. The van der Waals surface area contributed by atoms with E-state index in [4.69, 9.17) is 5.73 Å². The van der Waals surface area contributed by atoms with E-state index < -0.39 is 0 Å². The van der Waals surface area contributed by atoms with Crippen LogP contribution in [-0.4, -0.2) is 37.0 Å². The number of unbranched alkanes of at least 4 members (excludes halogenated alkanes) is 1. The standard InChI is InChI=1S/C18H27N3O/c19-18(22)14-6-8-17(9-7-14)20-10-1-2-11-21-12-15-4-3-5-16(15)13-21/h6-9,15-16,20H,1-5,10-13H2,(H2,19,22). The summed E-state index contributed by atoms with van der Waals surface area (Å²) in [7, 11) is 0. The van der Waals surface area contributed by atoms with Crippen molar-refractivity contribution in [2.24, 2.45) is 17.6 Å². The monoisotopic (exact) mass is 301 g/mol. The molecule has 2 fully saturated rings. The van der Waals surface area contributed by atoms with Gasteiger partial charge in [0.05, 0.1) is 0 Å². The SMILES string of the molecule is NC(=O)c1ccc(NCCCCN2CC3CCCC3C2)cc1. The number of rotatable bonds is 7. The molecule has 1 amide bonds. The molecule has 0 bridgehead atoms. The number of fused-ring (bicyclic) bond motifs is 1. The number of benzene rings is 1. The van der Waals surface area contributed by atoms with Crippen LogP contribution in [0, 0.1) is 11.8 Å². The molecule has 4 heteroatoms. The van der Waals surface area contributed by atoms with E-state index >= 15 is 0 Å². The number of carbonyl (C=O) groups is 1. The van der Waals surface area contributed by atoms with Crippen molar-refractivity contribution in [2.45, 2.75) is 32.1 Å². The van der Waals surface area contributed by atoms with Gasteiger partial charge in [-0.3, -0.25) is 4.79 Å². The van der Waals surface area contributed by atoms with Gasteiger partial charge in [-0.25, -0.2) is 0 Å². The summed E-state index contributed by atoms with van der Waals surface area (Å²) in [6, 6.07) is 7.38. The molecular weight excluding hydrogens is 274 g/mol. The summed E-state index contributed by atoms with van der Waals surface area (Å²) in [5, 5.41) is 3.41. The van der Waals surface area contributed by atoms with Crippen LogP contribution in [-0.2, 0) is 0 Å². The second-order valence-corrected chi connectivity index (χ2v) is 6.79. The first-order valence-electron chi connectivity index (χ1n) is 8.58. The molecule has 1 heterocycles. The van der Waals surface area contributed by atoms with Crippen molar-refractivity contribution in [3.63, 3.8) is 0 Å². The Morgan fingerprint density at radius 3 is 2.45 bits per heavy atom. The van der Waals surface area contributed by atoms with Crippen LogP contribution in [0.5, 0.6) is 0 Å². The van der Waals surface area contributed by atoms with E-state index in [-0.39, 0.29) is 5.91 Å². The topological polar surface area (TPSA) is 58.4 Å². The lowest BCUT2D eigenvalue weighted by Crippen LogP contribution is -2.23. The molecule has 1 saturated carbocycles. The summed E-state index contributed by atoms with van der Waals surface area (Å²) in [5.74, 6) is 1.63. The van der Waals surface area contributed by atoms with Gasteiger partial charge >= 0.3 is 0 Å². The molecule has 0 spiro atoms. The molecule has 0 radical (unpaired) electrons. The van der Waals surface area contributed by atoms with Gasteiger partial charge in [-0.2, -0.15) is 0 Å². The normalized spacial score (nSPS) is 24.4. The average Bonchev–Trinajstić information content (AvgIpc) is 3.08. The van der Waals surface area contributed by atoms with E-state index in [1.807, 2.05) is 12.1 Å². The van der Waals surface area contributed by atoms with Crippen molar-refractivity contribution >= 4 is 11.6 Å². The molecule has 3 rings (SSSR count). The van der Waals surface area contributed by atoms with Gasteiger partial charge in [0.25, 0.3) is 0 Å². The largest absolute Gasteiger partial charge is 0.385 e. The highest BCUT2D eigenvalue weighted by Crippen LogP contribution is 2.37. The molecule has 3 N–H and O–H groups in total. The van der Waals surface area contributed by atoms with Crippen LogP contribution in [0.4, 0.5) is 5.69 Å². The number of carbonyl (C=O) groups excluding carboxylic acids is 1. The van der Waals surface area contributed by atoms with E-state index in [2.05, 4.69) is 10.2 Å². The first-order chi connectivity index (χ1) is 10.7. The van der Waals surface area contributed by atoms with Crippen molar-refractivity contribution < 1.29 is 4.79 Å². The van der Waals surface area contributed by atoms with E-state index in [0.29, 0.717) is 5.56 Å². The summed E-state index contributed by atoms with van der Waals surface area (Å²) < 4.78 is 0. The number of nitrogens with two attached hydrogens (primary N) is 1. The number of primary amides is 1. The molecule has 4 nitrogen and oxygen atoms in total. The molecule has 2 unspecified atom stereocenters. The highest BCUT2D eigenvalue weighted by Gasteiger charge is 2.35. The predicted octanol–water partition coefficient (Wildman–Crippen LogP) is 2.71. The Bertz CT molecular complexity index is 488. The van der Waals surface area contributed by atoms with Gasteiger partial charge in [-0.15, -0.1) is 0 Å². The van der Waals surface area contributed by atoms with E-state index in [0.717, 1.165) is 24.1 Å². The molecular formula is C18H27N3O. The Hall–Kier alpha value is -1.55. The van der Waals surface area contributed by atoms with Gasteiger partial charge < -0.3 is 16.0 Å². The van der Waals surface area contributed by atoms with Crippen molar-refractivity contribution in [3.8, 4) is 0 Å². The Morgan fingerprint density at radius 2 is 1.82 bits per heavy atom. The molecule has 1 aliphatic carbocycles. The molecule has 2 aliphatic rings. The van der Waals surface area contributed by atoms with Crippen LogP contribution in [0.3, 0.4) is 0 Å². The van der Waals surface area contributed by atoms with Crippen LogP contribution in [0.2, 0.25) is 0 Å². The number of hydrogen-bond donors (Lipinski definition) is 2. The van der Waals surface area contributed by atoms with Gasteiger partial charge in [-0.1, -0.05) is 6.42 Å². The maximum atomic E-state index is 11.0. The Kier molecular flexibility index (Phi) is 4.98. The smallest absolute Gasteiger partial charge is 0.248 e. The highest BCUT2D eigenvalue weighted by atomic mass is 16.1. The number of nitrogens with one attached hydrogen (secondary N) is 1. The maximum Gasteiger partial charge on any atom is 0.248 e. The lowest BCUT2D eigenvalue weighted by Gasteiger charge is -2.16. The lowest BCUT2D eigenvalue weighted by molar-refractivity contribution is 0.100. The molecule has 120 valence electrons. The van der Waals surface area contributed by atoms with E-state index in [1.54, 1.807) is 12.1 Å². The van der Waals surface area contributed by atoms with Crippen LogP contribution < -0.4 is 11.1 Å². The van der Waals surface area contributed by atoms with Crippen LogP contribution in [0.25, 0.3) is 0 Å². The number of likely N-dealkylation sites (tertiary alicyclic amines) is 1. The zero-order chi connectivity index (χ0) is 15.4. The van der Waals surface area contributed by atoms with Crippen molar-refractivity contribution in [1.29, 1.82) is 0 Å². The first kappa shape index (κ1) is 15.3. The van der Waals surface area contributed by atoms with Crippen molar-refractivity contribution in [3.05, 3.63) is 29.8 Å². The summed E-state index contributed by atoms with van der Waals surface area (Å²) in [4.78, 5) is 13.7. The molecule has 1 aromatic carbocycles. The predicted molar refractivity (Wildman–Crippen MR) is 90.0 cm³/mol.